The van der Waals surface area contributed by atoms with Crippen LogP contribution in [-0.2, 0) is 0 Å². The molecule has 5 heteroatoms. The van der Waals surface area contributed by atoms with E-state index in [0.717, 1.165) is 21.4 Å². The first-order valence-corrected chi connectivity index (χ1v) is 7.23. The quantitative estimate of drug-likeness (QED) is 0.878. The van der Waals surface area contributed by atoms with Crippen molar-refractivity contribution in [3.05, 3.63) is 17.8 Å². The van der Waals surface area contributed by atoms with Gasteiger partial charge in [-0.2, -0.15) is 0 Å². The zero-order valence-electron chi connectivity index (χ0n) is 9.27. The second-order valence-corrected chi connectivity index (χ2v) is 5.47. The smallest absolute Gasteiger partial charge is 0.138 e. The number of hydrogen-bond acceptors (Lipinski definition) is 4. The Hall–Kier alpha value is -0.680. The highest BCUT2D eigenvalue weighted by atomic mass is 79.9. The van der Waals surface area contributed by atoms with Gasteiger partial charge in [0.05, 0.1) is 5.39 Å². The summed E-state index contributed by atoms with van der Waals surface area (Å²) in [5, 5.41) is 7.59. The fourth-order valence-electron chi connectivity index (χ4n) is 1.40. The fourth-order valence-corrected chi connectivity index (χ4v) is 2.69. The SMILES string of the molecule is CC(CBr)C(C)Nc1ncnc2sccc12. The van der Waals surface area contributed by atoms with Gasteiger partial charge in [-0.25, -0.2) is 9.97 Å². The van der Waals surface area contributed by atoms with Crippen molar-refractivity contribution >= 4 is 43.3 Å². The predicted molar refractivity (Wildman–Crippen MR) is 73.5 cm³/mol. The summed E-state index contributed by atoms with van der Waals surface area (Å²) >= 11 is 5.14. The number of aromatic nitrogens is 2. The van der Waals surface area contributed by atoms with Crippen LogP contribution < -0.4 is 5.32 Å². The third-order valence-corrected chi connectivity index (χ3v) is 4.57. The summed E-state index contributed by atoms with van der Waals surface area (Å²) in [6, 6.07) is 2.45. The number of fused-ring (bicyclic) bond motifs is 1. The second-order valence-electron chi connectivity index (χ2n) is 3.93. The van der Waals surface area contributed by atoms with Crippen molar-refractivity contribution in [1.29, 1.82) is 0 Å². The van der Waals surface area contributed by atoms with Crippen LogP contribution in [-0.4, -0.2) is 21.3 Å². The van der Waals surface area contributed by atoms with Gasteiger partial charge < -0.3 is 5.32 Å². The largest absolute Gasteiger partial charge is 0.367 e. The van der Waals surface area contributed by atoms with Crippen molar-refractivity contribution in [2.24, 2.45) is 5.92 Å². The average Bonchev–Trinajstić information content (AvgIpc) is 2.77. The lowest BCUT2D eigenvalue weighted by molar-refractivity contribution is 0.571. The number of hydrogen-bond donors (Lipinski definition) is 1. The van der Waals surface area contributed by atoms with E-state index in [-0.39, 0.29) is 0 Å². The Kier molecular flexibility index (Phi) is 3.76. The summed E-state index contributed by atoms with van der Waals surface area (Å²) in [5.74, 6) is 1.50. The summed E-state index contributed by atoms with van der Waals surface area (Å²) in [6.45, 7) is 4.38. The standard InChI is InChI=1S/C11H14BrN3S/c1-7(5-12)8(2)15-10-9-3-4-16-11(9)14-6-13-10/h3-4,6-8H,5H2,1-2H3,(H,13,14,15). The molecule has 2 unspecified atom stereocenters. The molecule has 16 heavy (non-hydrogen) atoms. The minimum Gasteiger partial charge on any atom is -0.367 e. The van der Waals surface area contributed by atoms with Crippen molar-refractivity contribution < 1.29 is 0 Å². The number of nitrogens with zero attached hydrogens (tertiary/aromatic N) is 2. The highest BCUT2D eigenvalue weighted by molar-refractivity contribution is 9.09. The van der Waals surface area contributed by atoms with Gasteiger partial charge in [-0.1, -0.05) is 22.9 Å². The lowest BCUT2D eigenvalue weighted by Gasteiger charge is -2.20. The highest BCUT2D eigenvalue weighted by Gasteiger charge is 2.13. The average molecular weight is 300 g/mol. The van der Waals surface area contributed by atoms with E-state index in [9.17, 15) is 0 Å². The van der Waals surface area contributed by atoms with E-state index in [1.807, 2.05) is 5.38 Å². The molecular formula is C11H14BrN3S. The predicted octanol–water partition coefficient (Wildman–Crippen LogP) is 3.52. The Balaban J connectivity index is 2.23. The van der Waals surface area contributed by atoms with Gasteiger partial charge in [0.25, 0.3) is 0 Å². The Morgan fingerprint density at radius 3 is 3.00 bits per heavy atom. The molecular weight excluding hydrogens is 286 g/mol. The number of alkyl halides is 1. The molecule has 0 aliphatic rings. The molecule has 2 heterocycles. The fraction of sp³-hybridized carbons (Fsp3) is 0.455. The van der Waals surface area contributed by atoms with Crippen LogP contribution in [0.2, 0.25) is 0 Å². The molecule has 0 aliphatic carbocycles. The zero-order valence-corrected chi connectivity index (χ0v) is 11.7. The van der Waals surface area contributed by atoms with Crippen molar-refractivity contribution in [2.75, 3.05) is 10.6 Å². The topological polar surface area (TPSA) is 37.8 Å². The van der Waals surface area contributed by atoms with E-state index in [2.05, 4.69) is 51.1 Å². The Bertz CT molecular complexity index is 471. The van der Waals surface area contributed by atoms with Crippen LogP contribution in [0.3, 0.4) is 0 Å². The normalized spacial score (nSPS) is 14.9. The van der Waals surface area contributed by atoms with Crippen molar-refractivity contribution in [3.63, 3.8) is 0 Å². The lowest BCUT2D eigenvalue weighted by atomic mass is 10.1. The van der Waals surface area contributed by atoms with E-state index in [1.54, 1.807) is 17.7 Å². The zero-order chi connectivity index (χ0) is 11.5. The Labute approximate surface area is 107 Å². The van der Waals surface area contributed by atoms with E-state index in [1.165, 1.54) is 0 Å². The van der Waals surface area contributed by atoms with Crippen LogP contribution in [0.25, 0.3) is 10.2 Å². The first-order chi connectivity index (χ1) is 7.72. The molecule has 0 aromatic carbocycles. The summed E-state index contributed by atoms with van der Waals surface area (Å²) in [7, 11) is 0. The Morgan fingerprint density at radius 1 is 1.44 bits per heavy atom. The van der Waals surface area contributed by atoms with Gasteiger partial charge in [-0.3, -0.25) is 0 Å². The molecule has 0 radical (unpaired) electrons. The first kappa shape index (κ1) is 11.8. The van der Waals surface area contributed by atoms with Gasteiger partial charge in [0.2, 0.25) is 0 Å². The minimum absolute atomic E-state index is 0.386. The monoisotopic (exact) mass is 299 g/mol. The van der Waals surface area contributed by atoms with Crippen LogP contribution in [0.1, 0.15) is 13.8 Å². The second kappa shape index (κ2) is 5.10. The summed E-state index contributed by atoms with van der Waals surface area (Å²) in [6.07, 6.45) is 1.62. The molecule has 0 aliphatic heterocycles. The number of anilines is 1. The number of thiophene rings is 1. The van der Waals surface area contributed by atoms with Gasteiger partial charge in [0, 0.05) is 11.4 Å². The van der Waals surface area contributed by atoms with E-state index in [4.69, 9.17) is 0 Å². The molecule has 0 saturated carbocycles. The minimum atomic E-state index is 0.386. The molecule has 0 fully saturated rings. The summed E-state index contributed by atoms with van der Waals surface area (Å²) < 4.78 is 0. The van der Waals surface area contributed by atoms with Crippen molar-refractivity contribution in [2.45, 2.75) is 19.9 Å². The third kappa shape index (κ3) is 2.35. The van der Waals surface area contributed by atoms with Gasteiger partial charge in [0.15, 0.2) is 0 Å². The van der Waals surface area contributed by atoms with E-state index < -0.39 is 0 Å². The van der Waals surface area contributed by atoms with Crippen LogP contribution in [0, 0.1) is 5.92 Å². The molecule has 1 N–H and O–H groups in total. The molecule has 3 nitrogen and oxygen atoms in total. The van der Waals surface area contributed by atoms with Gasteiger partial charge in [-0.05, 0) is 24.3 Å². The number of rotatable bonds is 4. The van der Waals surface area contributed by atoms with Crippen LogP contribution >= 0.6 is 27.3 Å². The highest BCUT2D eigenvalue weighted by Crippen LogP contribution is 2.25. The molecule has 0 bridgehead atoms. The maximum absolute atomic E-state index is 4.30. The molecule has 0 spiro atoms. The molecule has 2 aromatic heterocycles. The Morgan fingerprint density at radius 2 is 2.25 bits per heavy atom. The maximum atomic E-state index is 4.30. The van der Waals surface area contributed by atoms with Gasteiger partial charge in [-0.15, -0.1) is 11.3 Å². The lowest BCUT2D eigenvalue weighted by Crippen LogP contribution is -2.25. The van der Waals surface area contributed by atoms with Gasteiger partial charge >= 0.3 is 0 Å². The molecule has 2 aromatic rings. The number of halogens is 1. The molecule has 0 amide bonds. The summed E-state index contributed by atoms with van der Waals surface area (Å²) in [5.41, 5.74) is 0. The van der Waals surface area contributed by atoms with Crippen LogP contribution in [0.4, 0.5) is 5.82 Å². The van der Waals surface area contributed by atoms with Crippen LogP contribution in [0.15, 0.2) is 17.8 Å². The first-order valence-electron chi connectivity index (χ1n) is 5.23. The summed E-state index contributed by atoms with van der Waals surface area (Å²) in [4.78, 5) is 9.58. The van der Waals surface area contributed by atoms with E-state index >= 15 is 0 Å². The third-order valence-electron chi connectivity index (χ3n) is 2.72. The molecule has 0 saturated heterocycles. The number of nitrogens with one attached hydrogen (secondary N) is 1. The van der Waals surface area contributed by atoms with Crippen molar-refractivity contribution in [1.82, 2.24) is 9.97 Å². The van der Waals surface area contributed by atoms with Gasteiger partial charge in [0.1, 0.15) is 17.0 Å². The van der Waals surface area contributed by atoms with Crippen molar-refractivity contribution in [3.8, 4) is 0 Å². The molecule has 2 rings (SSSR count). The maximum Gasteiger partial charge on any atom is 0.138 e. The molecule has 86 valence electrons. The molecule has 2 atom stereocenters. The van der Waals surface area contributed by atoms with Crippen LogP contribution in [0.5, 0.6) is 0 Å². The van der Waals surface area contributed by atoms with E-state index in [0.29, 0.717) is 12.0 Å².